The fraction of sp³-hybridized carbons (Fsp3) is 0.278. The van der Waals surface area contributed by atoms with Crippen LogP contribution in [0, 0.1) is 6.92 Å². The van der Waals surface area contributed by atoms with Crippen molar-refractivity contribution in [1.82, 2.24) is 10.3 Å². The molecule has 2 N–H and O–H groups in total. The van der Waals surface area contributed by atoms with Crippen LogP contribution in [-0.2, 0) is 14.8 Å². The molecule has 0 aliphatic rings. The molecule has 0 aromatic heterocycles. The molecule has 0 bridgehead atoms. The molecule has 0 spiro atoms. The lowest BCUT2D eigenvalue weighted by molar-refractivity contribution is -0.123. The Kier molecular flexibility index (Phi) is 6.17. The van der Waals surface area contributed by atoms with Crippen molar-refractivity contribution in [1.29, 1.82) is 0 Å². The summed E-state index contributed by atoms with van der Waals surface area (Å²) in [4.78, 5) is 13.9. The summed E-state index contributed by atoms with van der Waals surface area (Å²) in [5.41, 5.74) is 4.25. The van der Waals surface area contributed by atoms with E-state index in [0.717, 1.165) is 5.56 Å². The highest BCUT2D eigenvalue weighted by molar-refractivity contribution is 7.89. The number of sulfonamides is 1. The number of carbonyl (C=O) groups is 1. The molecular formula is C18H22N2O4S. The first kappa shape index (κ1) is 19.0. The van der Waals surface area contributed by atoms with Gasteiger partial charge in [0.25, 0.3) is 15.9 Å². The first-order valence-electron chi connectivity index (χ1n) is 7.88. The second-order valence-corrected chi connectivity index (χ2v) is 7.66. The average molecular weight is 362 g/mol. The van der Waals surface area contributed by atoms with Gasteiger partial charge in [-0.1, -0.05) is 43.7 Å². The minimum atomic E-state index is -3.81. The van der Waals surface area contributed by atoms with E-state index in [1.165, 1.54) is 17.7 Å². The van der Waals surface area contributed by atoms with Crippen molar-refractivity contribution in [2.24, 2.45) is 0 Å². The Bertz CT molecular complexity index is 813. The molecule has 0 heterocycles. The third-order valence-corrected chi connectivity index (χ3v) is 4.84. The molecule has 134 valence electrons. The zero-order chi connectivity index (χ0) is 18.4. The average Bonchev–Trinajstić information content (AvgIpc) is 2.59. The van der Waals surface area contributed by atoms with Crippen LogP contribution in [0.3, 0.4) is 0 Å². The smallest absolute Gasteiger partial charge is 0.272 e. The molecule has 0 saturated carbocycles. The minimum Gasteiger partial charge on any atom is -0.484 e. The Balaban J connectivity index is 1.85. The second kappa shape index (κ2) is 8.13. The molecule has 1 amide bonds. The summed E-state index contributed by atoms with van der Waals surface area (Å²) in [7, 11) is -3.81. The zero-order valence-electron chi connectivity index (χ0n) is 14.4. The first-order valence-corrected chi connectivity index (χ1v) is 9.36. The fourth-order valence-corrected chi connectivity index (χ4v) is 2.89. The summed E-state index contributed by atoms with van der Waals surface area (Å²) in [5.74, 6) is 0.359. The Morgan fingerprint density at radius 2 is 1.64 bits per heavy atom. The summed E-state index contributed by atoms with van der Waals surface area (Å²) in [6.07, 6.45) is 0. The van der Waals surface area contributed by atoms with Crippen molar-refractivity contribution in [3.05, 3.63) is 59.7 Å². The van der Waals surface area contributed by atoms with Gasteiger partial charge >= 0.3 is 0 Å². The van der Waals surface area contributed by atoms with E-state index in [2.05, 4.69) is 19.3 Å². The molecule has 0 aliphatic heterocycles. The van der Waals surface area contributed by atoms with E-state index in [-0.39, 0.29) is 11.5 Å². The fourth-order valence-electron chi connectivity index (χ4n) is 2.03. The van der Waals surface area contributed by atoms with E-state index in [1.807, 2.05) is 23.9 Å². The van der Waals surface area contributed by atoms with Gasteiger partial charge in [0.05, 0.1) is 4.90 Å². The largest absolute Gasteiger partial charge is 0.484 e. The topological polar surface area (TPSA) is 84.5 Å². The SMILES string of the molecule is Cc1ccc(S(=O)(=O)NNC(=O)COc2ccc(C(C)C)cc2)cc1. The van der Waals surface area contributed by atoms with E-state index in [1.54, 1.807) is 24.3 Å². The molecule has 0 aliphatic carbocycles. The number of carbonyl (C=O) groups excluding carboxylic acids is 1. The predicted molar refractivity (Wildman–Crippen MR) is 95.7 cm³/mol. The van der Waals surface area contributed by atoms with Gasteiger partial charge in [0, 0.05) is 0 Å². The number of hydrogen-bond donors (Lipinski definition) is 2. The van der Waals surface area contributed by atoms with E-state index in [0.29, 0.717) is 11.7 Å². The maximum absolute atomic E-state index is 12.1. The van der Waals surface area contributed by atoms with Crippen LogP contribution in [0.1, 0.15) is 30.9 Å². The number of ether oxygens (including phenoxy) is 1. The summed E-state index contributed by atoms with van der Waals surface area (Å²) in [6, 6.07) is 13.7. The van der Waals surface area contributed by atoms with E-state index in [4.69, 9.17) is 4.74 Å². The summed E-state index contributed by atoms with van der Waals surface area (Å²) < 4.78 is 29.5. The lowest BCUT2D eigenvalue weighted by atomic mass is 10.0. The molecule has 0 radical (unpaired) electrons. The van der Waals surface area contributed by atoms with Crippen molar-refractivity contribution in [2.75, 3.05) is 6.61 Å². The van der Waals surface area contributed by atoms with Crippen LogP contribution in [-0.4, -0.2) is 20.9 Å². The van der Waals surface area contributed by atoms with E-state index < -0.39 is 15.9 Å². The van der Waals surface area contributed by atoms with Gasteiger partial charge in [-0.2, -0.15) is 0 Å². The monoisotopic (exact) mass is 362 g/mol. The van der Waals surface area contributed by atoms with E-state index >= 15 is 0 Å². The molecule has 2 rings (SSSR count). The molecule has 7 heteroatoms. The molecule has 25 heavy (non-hydrogen) atoms. The first-order chi connectivity index (χ1) is 11.8. The number of aryl methyl sites for hydroxylation is 1. The lowest BCUT2D eigenvalue weighted by Gasteiger charge is -2.10. The maximum atomic E-state index is 12.1. The number of benzene rings is 2. The highest BCUT2D eigenvalue weighted by atomic mass is 32.2. The van der Waals surface area contributed by atoms with Crippen LogP contribution < -0.4 is 15.0 Å². The lowest BCUT2D eigenvalue weighted by Crippen LogP contribution is -2.43. The molecule has 0 saturated heterocycles. The molecule has 2 aromatic rings. The predicted octanol–water partition coefficient (Wildman–Crippen LogP) is 2.51. The van der Waals surface area contributed by atoms with Gasteiger partial charge in [-0.25, -0.2) is 8.42 Å². The van der Waals surface area contributed by atoms with Gasteiger partial charge in [-0.15, -0.1) is 4.83 Å². The van der Waals surface area contributed by atoms with Gasteiger partial charge in [-0.05, 0) is 42.7 Å². The number of nitrogens with one attached hydrogen (secondary N) is 2. The van der Waals surface area contributed by atoms with Gasteiger partial charge < -0.3 is 4.74 Å². The Labute approximate surface area is 148 Å². The van der Waals surface area contributed by atoms with Crippen LogP contribution in [0.2, 0.25) is 0 Å². The van der Waals surface area contributed by atoms with Gasteiger partial charge in [0.1, 0.15) is 5.75 Å². The third-order valence-electron chi connectivity index (χ3n) is 3.57. The van der Waals surface area contributed by atoms with Crippen LogP contribution in [0.25, 0.3) is 0 Å². The quantitative estimate of drug-likeness (QED) is 0.741. The Morgan fingerprint density at radius 3 is 2.20 bits per heavy atom. The van der Waals surface area contributed by atoms with Crippen molar-refractivity contribution < 1.29 is 17.9 Å². The van der Waals surface area contributed by atoms with Crippen LogP contribution in [0.15, 0.2) is 53.4 Å². The van der Waals surface area contributed by atoms with Gasteiger partial charge in [0.15, 0.2) is 6.61 Å². The molecule has 0 unspecified atom stereocenters. The van der Waals surface area contributed by atoms with Crippen LogP contribution in [0.4, 0.5) is 0 Å². The second-order valence-electron chi connectivity index (χ2n) is 5.98. The molecule has 6 nitrogen and oxygen atoms in total. The van der Waals surface area contributed by atoms with Gasteiger partial charge in [-0.3, -0.25) is 10.2 Å². The van der Waals surface area contributed by atoms with Crippen molar-refractivity contribution >= 4 is 15.9 Å². The van der Waals surface area contributed by atoms with Crippen LogP contribution >= 0.6 is 0 Å². The highest BCUT2D eigenvalue weighted by Crippen LogP contribution is 2.18. The third kappa shape index (κ3) is 5.58. The minimum absolute atomic E-state index is 0.0728. The van der Waals surface area contributed by atoms with Crippen molar-refractivity contribution in [3.63, 3.8) is 0 Å². The van der Waals surface area contributed by atoms with Crippen molar-refractivity contribution in [2.45, 2.75) is 31.6 Å². The zero-order valence-corrected chi connectivity index (χ0v) is 15.3. The summed E-state index contributed by atoms with van der Waals surface area (Å²) >= 11 is 0. The maximum Gasteiger partial charge on any atom is 0.272 e. The summed E-state index contributed by atoms with van der Waals surface area (Å²) in [6.45, 7) is 5.74. The normalized spacial score (nSPS) is 11.4. The molecule has 2 aromatic carbocycles. The molecule has 0 fully saturated rings. The van der Waals surface area contributed by atoms with Crippen molar-refractivity contribution in [3.8, 4) is 5.75 Å². The number of hydrogen-bond acceptors (Lipinski definition) is 4. The Morgan fingerprint density at radius 1 is 1.04 bits per heavy atom. The molecule has 0 atom stereocenters. The number of amides is 1. The van der Waals surface area contributed by atoms with E-state index in [9.17, 15) is 13.2 Å². The van der Waals surface area contributed by atoms with Crippen LogP contribution in [0.5, 0.6) is 5.75 Å². The van der Waals surface area contributed by atoms with Gasteiger partial charge in [0.2, 0.25) is 0 Å². The number of rotatable bonds is 7. The highest BCUT2D eigenvalue weighted by Gasteiger charge is 2.15. The summed E-state index contributed by atoms with van der Waals surface area (Å²) in [5, 5.41) is 0. The Hall–Kier alpha value is -2.38. The number of hydrazine groups is 1. The molecular weight excluding hydrogens is 340 g/mol. The standard InChI is InChI=1S/C18H22N2O4S/c1-13(2)15-6-8-16(9-7-15)24-12-18(21)19-20-25(22,23)17-10-4-14(3)5-11-17/h4-11,13,20H,12H2,1-3H3,(H,19,21).